The van der Waals surface area contributed by atoms with E-state index in [1.807, 2.05) is 6.92 Å². The van der Waals surface area contributed by atoms with Gasteiger partial charge in [0.05, 0.1) is 12.6 Å². The zero-order valence-electron chi connectivity index (χ0n) is 5.32. The Hall–Kier alpha value is -0.440. The fourth-order valence-corrected chi connectivity index (χ4v) is 0.409. The van der Waals surface area contributed by atoms with E-state index in [1.54, 1.807) is 0 Å². The number of ether oxygens (including phenoxy) is 1. The number of carbonyl (C=O) groups is 1. The molecule has 0 aromatic heterocycles. The molecule has 0 aromatic carbocycles. The van der Waals surface area contributed by atoms with Crippen LogP contribution in [0.3, 0.4) is 0 Å². The highest BCUT2D eigenvalue weighted by molar-refractivity contribution is 6.18. The third-order valence-electron chi connectivity index (χ3n) is 0.648. The number of rotatable bonds is 3. The van der Waals surface area contributed by atoms with E-state index in [2.05, 4.69) is 10.1 Å². The van der Waals surface area contributed by atoms with Gasteiger partial charge in [-0.1, -0.05) is 6.92 Å². The lowest BCUT2D eigenvalue weighted by molar-refractivity contribution is 0.148. The second-order valence-corrected chi connectivity index (χ2v) is 1.71. The van der Waals surface area contributed by atoms with E-state index in [0.29, 0.717) is 6.61 Å². The Bertz CT molecular complexity index is 87.0. The largest absolute Gasteiger partial charge is 0.450 e. The van der Waals surface area contributed by atoms with E-state index in [9.17, 15) is 4.79 Å². The molecule has 0 aromatic rings. The number of carbonyl (C=O) groups excluding carboxylic acids is 1. The van der Waals surface area contributed by atoms with Gasteiger partial charge in [-0.2, -0.15) is 0 Å². The summed E-state index contributed by atoms with van der Waals surface area (Å²) in [7, 11) is 0. The molecule has 0 rings (SSSR count). The van der Waals surface area contributed by atoms with Crippen LogP contribution in [0, 0.1) is 0 Å². The molecule has 9 heavy (non-hydrogen) atoms. The summed E-state index contributed by atoms with van der Waals surface area (Å²) in [4.78, 5) is 10.4. The zero-order chi connectivity index (χ0) is 7.11. The van der Waals surface area contributed by atoms with Gasteiger partial charge in [0.25, 0.3) is 0 Å². The molecule has 0 aliphatic heterocycles. The van der Waals surface area contributed by atoms with Gasteiger partial charge in [0.1, 0.15) is 0 Å². The lowest BCUT2D eigenvalue weighted by atomic mass is 10.5. The van der Waals surface area contributed by atoms with Crippen molar-refractivity contribution < 1.29 is 9.53 Å². The topological polar surface area (TPSA) is 38.3 Å². The number of alkyl halides is 1. The Morgan fingerprint density at radius 3 is 2.89 bits per heavy atom. The van der Waals surface area contributed by atoms with Gasteiger partial charge >= 0.3 is 6.09 Å². The number of halogens is 1. The minimum Gasteiger partial charge on any atom is -0.450 e. The molecule has 0 saturated carbocycles. The molecular formula is C5H10ClNO2. The van der Waals surface area contributed by atoms with Crippen molar-refractivity contribution in [1.82, 2.24) is 5.32 Å². The molecule has 54 valence electrons. The maximum Gasteiger partial charge on any atom is 0.408 e. The average Bonchev–Trinajstić information content (AvgIpc) is 1.85. The molecule has 1 amide bonds. The molecule has 1 N–H and O–H groups in total. The Kier molecular flexibility index (Phi) is 5.41. The second-order valence-electron chi connectivity index (χ2n) is 1.45. The van der Waals surface area contributed by atoms with Crippen LogP contribution in [0.1, 0.15) is 13.3 Å². The number of nitrogens with one attached hydrogen (secondary N) is 1. The molecule has 0 saturated heterocycles. The first-order chi connectivity index (χ1) is 4.31. The molecule has 0 unspecified atom stereocenters. The quantitative estimate of drug-likeness (QED) is 0.488. The fraction of sp³-hybridized carbons (Fsp3) is 0.800. The Balaban J connectivity index is 3.06. The molecule has 0 radical (unpaired) electrons. The monoisotopic (exact) mass is 151 g/mol. The van der Waals surface area contributed by atoms with Crippen LogP contribution in [-0.4, -0.2) is 18.7 Å². The third kappa shape index (κ3) is 5.43. The molecule has 0 bridgehead atoms. The molecule has 3 nitrogen and oxygen atoms in total. The van der Waals surface area contributed by atoms with Gasteiger partial charge < -0.3 is 10.1 Å². The molecule has 0 atom stereocenters. The van der Waals surface area contributed by atoms with Crippen LogP contribution < -0.4 is 5.32 Å². The first-order valence-electron chi connectivity index (χ1n) is 2.77. The molecule has 0 aliphatic rings. The molecule has 0 aliphatic carbocycles. The SMILES string of the molecule is CCCOC(=O)NCCl. The minimum absolute atomic E-state index is 0.0997. The highest BCUT2D eigenvalue weighted by Gasteiger charge is 1.95. The first-order valence-corrected chi connectivity index (χ1v) is 3.31. The number of amides is 1. The smallest absolute Gasteiger partial charge is 0.408 e. The summed E-state index contributed by atoms with van der Waals surface area (Å²) < 4.78 is 4.60. The van der Waals surface area contributed by atoms with Crippen LogP contribution in [0.2, 0.25) is 0 Å². The van der Waals surface area contributed by atoms with Crippen LogP contribution in [0.5, 0.6) is 0 Å². The van der Waals surface area contributed by atoms with Crippen LogP contribution >= 0.6 is 11.6 Å². The summed E-state index contributed by atoms with van der Waals surface area (Å²) in [5.41, 5.74) is 0. The lowest BCUT2D eigenvalue weighted by Gasteiger charge is -2.00. The maximum atomic E-state index is 10.4. The van der Waals surface area contributed by atoms with Crippen LogP contribution in [0.4, 0.5) is 4.79 Å². The fourth-order valence-electron chi connectivity index (χ4n) is 0.300. The van der Waals surface area contributed by atoms with E-state index < -0.39 is 6.09 Å². The average molecular weight is 152 g/mol. The molecular weight excluding hydrogens is 142 g/mol. The van der Waals surface area contributed by atoms with Gasteiger partial charge in [0, 0.05) is 0 Å². The maximum absolute atomic E-state index is 10.4. The molecule has 0 spiro atoms. The predicted octanol–water partition coefficient (Wildman–Crippen LogP) is 1.32. The summed E-state index contributed by atoms with van der Waals surface area (Å²) in [5.74, 6) is 0. The normalized spacial score (nSPS) is 8.67. The summed E-state index contributed by atoms with van der Waals surface area (Å²) in [6, 6.07) is 0.0997. The van der Waals surface area contributed by atoms with Crippen molar-refractivity contribution in [3.63, 3.8) is 0 Å². The van der Waals surface area contributed by atoms with E-state index in [1.165, 1.54) is 0 Å². The van der Waals surface area contributed by atoms with Crippen LogP contribution in [-0.2, 0) is 4.74 Å². The standard InChI is InChI=1S/C5H10ClNO2/c1-2-3-9-5(8)7-4-6/h2-4H2,1H3,(H,7,8). The molecule has 0 fully saturated rings. The summed E-state index contributed by atoms with van der Waals surface area (Å²) in [5, 5.41) is 2.28. The number of alkyl carbamates (subject to hydrolysis) is 1. The third-order valence-corrected chi connectivity index (χ3v) is 0.782. The lowest BCUT2D eigenvalue weighted by Crippen LogP contribution is -2.22. The van der Waals surface area contributed by atoms with Gasteiger partial charge in [-0.3, -0.25) is 0 Å². The number of hydrogen-bond acceptors (Lipinski definition) is 2. The van der Waals surface area contributed by atoms with Gasteiger partial charge in [-0.25, -0.2) is 4.79 Å². The van der Waals surface area contributed by atoms with Gasteiger partial charge in [0.2, 0.25) is 0 Å². The second kappa shape index (κ2) is 5.69. The number of hydrogen-bond donors (Lipinski definition) is 1. The zero-order valence-corrected chi connectivity index (χ0v) is 6.07. The van der Waals surface area contributed by atoms with E-state index in [4.69, 9.17) is 11.6 Å². The summed E-state index contributed by atoms with van der Waals surface area (Å²) in [6.07, 6.45) is 0.377. The Morgan fingerprint density at radius 2 is 2.44 bits per heavy atom. The van der Waals surface area contributed by atoms with Crippen LogP contribution in [0.25, 0.3) is 0 Å². The Morgan fingerprint density at radius 1 is 1.78 bits per heavy atom. The molecule has 4 heteroatoms. The highest BCUT2D eigenvalue weighted by atomic mass is 35.5. The van der Waals surface area contributed by atoms with E-state index in [0.717, 1.165) is 6.42 Å². The van der Waals surface area contributed by atoms with Crippen molar-refractivity contribution in [1.29, 1.82) is 0 Å². The Labute approximate surface area is 59.3 Å². The summed E-state index contributed by atoms with van der Waals surface area (Å²) in [6.45, 7) is 2.37. The van der Waals surface area contributed by atoms with Crippen molar-refractivity contribution in [2.45, 2.75) is 13.3 Å². The minimum atomic E-state index is -0.452. The van der Waals surface area contributed by atoms with Crippen molar-refractivity contribution >= 4 is 17.7 Å². The van der Waals surface area contributed by atoms with Crippen molar-refractivity contribution in [2.75, 3.05) is 12.6 Å². The van der Waals surface area contributed by atoms with Crippen molar-refractivity contribution in [2.24, 2.45) is 0 Å². The van der Waals surface area contributed by atoms with Gasteiger partial charge in [-0.05, 0) is 6.42 Å². The van der Waals surface area contributed by atoms with E-state index in [-0.39, 0.29) is 6.00 Å². The van der Waals surface area contributed by atoms with Crippen molar-refractivity contribution in [3.8, 4) is 0 Å². The van der Waals surface area contributed by atoms with Crippen molar-refractivity contribution in [3.05, 3.63) is 0 Å². The van der Waals surface area contributed by atoms with Gasteiger partial charge in [0.15, 0.2) is 0 Å². The molecule has 0 heterocycles. The van der Waals surface area contributed by atoms with Gasteiger partial charge in [-0.15, -0.1) is 11.6 Å². The van der Waals surface area contributed by atoms with Crippen LogP contribution in [0.15, 0.2) is 0 Å². The predicted molar refractivity (Wildman–Crippen MR) is 35.5 cm³/mol. The summed E-state index contributed by atoms with van der Waals surface area (Å²) >= 11 is 5.16. The first kappa shape index (κ1) is 8.56. The van der Waals surface area contributed by atoms with E-state index >= 15 is 0 Å². The highest BCUT2D eigenvalue weighted by Crippen LogP contribution is 1.81.